The monoisotopic (exact) mass is 449 g/mol. The molecule has 1 amide bonds. The summed E-state index contributed by atoms with van der Waals surface area (Å²) >= 11 is 0. The summed E-state index contributed by atoms with van der Waals surface area (Å²) in [6.07, 6.45) is 10.8. The number of piperidine rings is 1. The third-order valence-electron chi connectivity index (χ3n) is 6.09. The molecule has 170 valence electrons. The van der Waals surface area contributed by atoms with E-state index in [9.17, 15) is 9.59 Å². The molecular weight excluding hydrogens is 426 g/mol. The fraction of sp³-hybridized carbons (Fsp3) is 0.333. The van der Waals surface area contributed by atoms with Gasteiger partial charge in [-0.2, -0.15) is 19.8 Å². The number of nitrogen functional groups attached to an aromatic ring is 1. The number of hydrogen-bond donors (Lipinski definition) is 2. The van der Waals surface area contributed by atoms with Crippen molar-refractivity contribution in [3.63, 3.8) is 0 Å². The normalized spacial score (nSPS) is 14.8. The molecule has 0 radical (unpaired) electrons. The number of nitrogens with zero attached hydrogens (tertiary/aromatic N) is 8. The first-order chi connectivity index (χ1) is 16.0. The number of fused-ring (bicyclic) bond motifs is 1. The maximum absolute atomic E-state index is 11.9. The summed E-state index contributed by atoms with van der Waals surface area (Å²) < 4.78 is 4.87. The van der Waals surface area contributed by atoms with Crippen molar-refractivity contribution in [1.82, 2.24) is 39.1 Å². The molecule has 4 aromatic rings. The van der Waals surface area contributed by atoms with Crippen molar-refractivity contribution < 1.29 is 14.7 Å². The molecule has 4 aromatic heterocycles. The minimum atomic E-state index is -0.507. The lowest BCUT2D eigenvalue weighted by Gasteiger charge is -2.32. The van der Waals surface area contributed by atoms with Crippen LogP contribution in [-0.2, 0) is 11.8 Å². The van der Waals surface area contributed by atoms with Gasteiger partial charge in [0.25, 0.3) is 0 Å². The molecule has 0 unspecified atom stereocenters. The fourth-order valence-electron chi connectivity index (χ4n) is 4.31. The summed E-state index contributed by atoms with van der Waals surface area (Å²) in [6.45, 7) is 0.464. The average molecular weight is 449 g/mol. The lowest BCUT2D eigenvalue weighted by Crippen LogP contribution is -2.39. The second-order valence-corrected chi connectivity index (χ2v) is 8.07. The van der Waals surface area contributed by atoms with Gasteiger partial charge in [0.2, 0.25) is 5.91 Å². The van der Waals surface area contributed by atoms with Gasteiger partial charge in [-0.15, -0.1) is 0 Å². The Kier molecular flexibility index (Phi) is 5.13. The van der Waals surface area contributed by atoms with E-state index in [1.807, 2.05) is 19.4 Å². The van der Waals surface area contributed by atoms with Crippen molar-refractivity contribution in [3.05, 3.63) is 42.2 Å². The number of aliphatic hydroxyl groups excluding tert-OH is 1. The van der Waals surface area contributed by atoms with Crippen LogP contribution in [0, 0.1) is 0 Å². The van der Waals surface area contributed by atoms with Crippen LogP contribution in [0.5, 0.6) is 0 Å². The Bertz CT molecular complexity index is 1340. The Morgan fingerprint density at radius 2 is 1.97 bits per heavy atom. The van der Waals surface area contributed by atoms with Crippen LogP contribution in [0.15, 0.2) is 31.0 Å². The largest absolute Gasteiger partial charge is 0.387 e. The highest BCUT2D eigenvalue weighted by Gasteiger charge is 2.28. The molecule has 1 aliphatic rings. The Labute approximate surface area is 188 Å². The first-order valence-electron chi connectivity index (χ1n) is 10.5. The van der Waals surface area contributed by atoms with Crippen molar-refractivity contribution in [1.29, 1.82) is 0 Å². The molecule has 1 aliphatic heterocycles. The van der Waals surface area contributed by atoms with Crippen molar-refractivity contribution in [2.45, 2.75) is 18.8 Å². The zero-order valence-electron chi connectivity index (χ0n) is 18.0. The van der Waals surface area contributed by atoms with Crippen molar-refractivity contribution in [3.8, 4) is 16.8 Å². The van der Waals surface area contributed by atoms with E-state index in [0.717, 1.165) is 16.8 Å². The number of aliphatic hydroxyl groups is 1. The van der Waals surface area contributed by atoms with Crippen LogP contribution in [0.1, 0.15) is 34.8 Å². The van der Waals surface area contributed by atoms with E-state index in [0.29, 0.717) is 49.1 Å². The number of nitrogens with two attached hydrogens (primary N) is 1. The molecule has 1 saturated heterocycles. The first kappa shape index (κ1) is 20.8. The number of hydrogen-bond acceptors (Lipinski definition) is 8. The van der Waals surface area contributed by atoms with Gasteiger partial charge in [0.15, 0.2) is 11.9 Å². The van der Waals surface area contributed by atoms with Crippen LogP contribution >= 0.6 is 0 Å². The number of carbonyl (C=O) groups excluding carboxylic acids is 2. The first-order valence-corrected chi connectivity index (χ1v) is 10.5. The minimum Gasteiger partial charge on any atom is -0.387 e. The predicted molar refractivity (Wildman–Crippen MR) is 118 cm³/mol. The van der Waals surface area contributed by atoms with Crippen molar-refractivity contribution in [2.24, 2.45) is 7.05 Å². The maximum Gasteiger partial charge on any atom is 0.248 e. The van der Waals surface area contributed by atoms with Crippen LogP contribution in [0.3, 0.4) is 0 Å². The quantitative estimate of drug-likeness (QED) is 0.416. The standard InChI is InChI=1S/C21H23N9O3/c1-27-10-15(7-23-27)29-9-14(6-24-29)16-8-25-30-20(22)17(11-31)19(26-21(16)30)13-2-4-28(5-3-13)18(33)12-32/h6-11,13,32H,2-5,12,22H2,1H3. The van der Waals surface area contributed by atoms with Crippen molar-refractivity contribution >= 4 is 23.7 Å². The van der Waals surface area contributed by atoms with Crippen LogP contribution < -0.4 is 5.73 Å². The third kappa shape index (κ3) is 3.53. The molecule has 0 aromatic carbocycles. The molecular formula is C21H23N9O3. The Morgan fingerprint density at radius 3 is 2.64 bits per heavy atom. The Balaban J connectivity index is 1.53. The summed E-state index contributed by atoms with van der Waals surface area (Å²) in [7, 11) is 1.84. The lowest BCUT2D eigenvalue weighted by atomic mass is 9.90. The zero-order valence-corrected chi connectivity index (χ0v) is 18.0. The Hall–Kier alpha value is -4.06. The number of aromatic nitrogens is 7. The highest BCUT2D eigenvalue weighted by Crippen LogP contribution is 2.33. The molecule has 0 aliphatic carbocycles. The smallest absolute Gasteiger partial charge is 0.248 e. The highest BCUT2D eigenvalue weighted by atomic mass is 16.3. The number of anilines is 1. The molecule has 33 heavy (non-hydrogen) atoms. The number of carbonyl (C=O) groups is 2. The van der Waals surface area contributed by atoms with E-state index in [-0.39, 0.29) is 17.6 Å². The van der Waals surface area contributed by atoms with E-state index < -0.39 is 6.61 Å². The summed E-state index contributed by atoms with van der Waals surface area (Å²) in [5.41, 5.74) is 10.1. The summed E-state index contributed by atoms with van der Waals surface area (Å²) in [6, 6.07) is 0. The molecule has 0 atom stereocenters. The molecule has 5 rings (SSSR count). The summed E-state index contributed by atoms with van der Waals surface area (Å²) in [5, 5.41) is 22.1. The van der Waals surface area contributed by atoms with Crippen LogP contribution in [0.4, 0.5) is 5.82 Å². The van der Waals surface area contributed by atoms with Gasteiger partial charge < -0.3 is 15.7 Å². The zero-order chi connectivity index (χ0) is 23.1. The number of aryl methyl sites for hydroxylation is 1. The molecule has 3 N–H and O–H groups in total. The van der Waals surface area contributed by atoms with E-state index in [1.165, 1.54) is 4.52 Å². The van der Waals surface area contributed by atoms with Crippen molar-refractivity contribution in [2.75, 3.05) is 25.4 Å². The van der Waals surface area contributed by atoms with E-state index in [1.54, 1.807) is 32.9 Å². The van der Waals surface area contributed by atoms with Crippen LogP contribution in [0.2, 0.25) is 0 Å². The van der Waals surface area contributed by atoms with Crippen LogP contribution in [-0.4, -0.2) is 76.1 Å². The van der Waals surface area contributed by atoms with Gasteiger partial charge in [-0.05, 0) is 12.8 Å². The SMILES string of the molecule is Cn1cc(-n2cc(-c3cnn4c(N)c(C=O)c(C5CCN(C(=O)CO)CC5)nc34)cn2)cn1. The van der Waals surface area contributed by atoms with Gasteiger partial charge in [-0.3, -0.25) is 14.3 Å². The minimum absolute atomic E-state index is 0.0406. The summed E-state index contributed by atoms with van der Waals surface area (Å²) in [4.78, 5) is 30.2. The van der Waals surface area contributed by atoms with E-state index in [2.05, 4.69) is 15.3 Å². The lowest BCUT2D eigenvalue weighted by molar-refractivity contribution is -0.135. The number of likely N-dealkylation sites (tertiary alicyclic amines) is 1. The second-order valence-electron chi connectivity index (χ2n) is 8.07. The number of rotatable bonds is 5. The van der Waals surface area contributed by atoms with Crippen LogP contribution in [0.25, 0.3) is 22.5 Å². The molecule has 12 heteroatoms. The molecule has 1 fully saturated rings. The third-order valence-corrected chi connectivity index (χ3v) is 6.09. The molecule has 5 heterocycles. The van der Waals surface area contributed by atoms with Gasteiger partial charge in [0.1, 0.15) is 18.1 Å². The number of aldehydes is 1. The maximum atomic E-state index is 11.9. The summed E-state index contributed by atoms with van der Waals surface area (Å²) in [5.74, 6) is -0.110. The molecule has 0 bridgehead atoms. The molecule has 0 saturated carbocycles. The topological polar surface area (TPSA) is 149 Å². The average Bonchev–Trinajstić information content (AvgIpc) is 3.57. The van der Waals surface area contributed by atoms with E-state index in [4.69, 9.17) is 15.8 Å². The van der Waals surface area contributed by atoms with Gasteiger partial charge in [-0.1, -0.05) is 0 Å². The van der Waals surface area contributed by atoms with E-state index >= 15 is 0 Å². The number of amides is 1. The van der Waals surface area contributed by atoms with Gasteiger partial charge in [-0.25, -0.2) is 9.67 Å². The predicted octanol–water partition coefficient (Wildman–Crippen LogP) is 0.408. The van der Waals surface area contributed by atoms with Gasteiger partial charge in [0.05, 0.1) is 36.0 Å². The fourth-order valence-corrected chi connectivity index (χ4v) is 4.31. The van der Waals surface area contributed by atoms with Gasteiger partial charge in [0, 0.05) is 43.4 Å². The second kappa shape index (κ2) is 8.13. The Morgan fingerprint density at radius 1 is 1.18 bits per heavy atom. The highest BCUT2D eigenvalue weighted by molar-refractivity contribution is 5.87. The van der Waals surface area contributed by atoms with Gasteiger partial charge >= 0.3 is 0 Å². The molecule has 0 spiro atoms. The molecule has 12 nitrogen and oxygen atoms in total.